The van der Waals surface area contributed by atoms with Gasteiger partial charge < -0.3 is 4.42 Å². The third kappa shape index (κ3) is 2.77. The summed E-state index contributed by atoms with van der Waals surface area (Å²) in [6.07, 6.45) is 3.71. The molecule has 1 atom stereocenters. The number of thiophene rings is 1. The molecule has 0 aliphatic carbocycles. The molecule has 2 rings (SSSR count). The molecule has 0 bridgehead atoms. The second-order valence-corrected chi connectivity index (χ2v) is 5.33. The van der Waals surface area contributed by atoms with E-state index < -0.39 is 0 Å². The third-order valence-electron chi connectivity index (χ3n) is 2.95. The van der Waals surface area contributed by atoms with Gasteiger partial charge in [-0.05, 0) is 31.5 Å². The summed E-state index contributed by atoms with van der Waals surface area (Å²) >= 11 is 1.85. The lowest BCUT2D eigenvalue weighted by molar-refractivity contribution is 0.503. The fourth-order valence-corrected chi connectivity index (χ4v) is 2.94. The van der Waals surface area contributed by atoms with E-state index in [0.717, 1.165) is 24.2 Å². The molecule has 2 aromatic heterocycles. The molecule has 0 amide bonds. The largest absolute Gasteiger partial charge is 0.469 e. The molecular weight excluding hydrogens is 232 g/mol. The second-order valence-electron chi connectivity index (χ2n) is 4.08. The lowest BCUT2D eigenvalue weighted by Crippen LogP contribution is -2.29. The Morgan fingerprint density at radius 2 is 2.12 bits per heavy atom. The first kappa shape index (κ1) is 12.4. The van der Waals surface area contributed by atoms with Crippen LogP contribution in [0.1, 0.15) is 34.0 Å². The normalized spacial score (nSPS) is 12.9. The first-order valence-electron chi connectivity index (χ1n) is 5.82. The zero-order chi connectivity index (χ0) is 12.3. The van der Waals surface area contributed by atoms with Gasteiger partial charge in [0.1, 0.15) is 5.76 Å². The van der Waals surface area contributed by atoms with Crippen LogP contribution in [-0.2, 0) is 12.8 Å². The van der Waals surface area contributed by atoms with Crippen molar-refractivity contribution in [2.24, 2.45) is 5.84 Å². The summed E-state index contributed by atoms with van der Waals surface area (Å²) < 4.78 is 5.32. The van der Waals surface area contributed by atoms with Crippen LogP contribution in [0.15, 0.2) is 28.9 Å². The van der Waals surface area contributed by atoms with Gasteiger partial charge in [-0.1, -0.05) is 6.92 Å². The minimum atomic E-state index is 0.122. The number of aryl methyl sites for hydroxylation is 2. The standard InChI is InChI=1S/C13H18N2OS/c1-3-10-4-5-11(17-10)8-13(15-14)12-6-7-16-9(12)2/h4-7,13,15H,3,8,14H2,1-2H3. The molecule has 0 saturated heterocycles. The zero-order valence-corrected chi connectivity index (χ0v) is 11.0. The maximum atomic E-state index is 5.63. The lowest BCUT2D eigenvalue weighted by atomic mass is 10.0. The summed E-state index contributed by atoms with van der Waals surface area (Å²) in [7, 11) is 0. The predicted molar refractivity (Wildman–Crippen MR) is 70.9 cm³/mol. The molecule has 3 N–H and O–H groups in total. The Morgan fingerprint density at radius 1 is 1.35 bits per heavy atom. The van der Waals surface area contributed by atoms with Crippen LogP contribution in [0.4, 0.5) is 0 Å². The van der Waals surface area contributed by atoms with Crippen LogP contribution >= 0.6 is 11.3 Å². The quantitative estimate of drug-likeness (QED) is 0.633. The van der Waals surface area contributed by atoms with Crippen LogP contribution in [-0.4, -0.2) is 0 Å². The van der Waals surface area contributed by atoms with Gasteiger partial charge in [0.2, 0.25) is 0 Å². The Kier molecular flexibility index (Phi) is 3.99. The number of furan rings is 1. The van der Waals surface area contributed by atoms with Crippen molar-refractivity contribution < 1.29 is 4.42 Å². The molecule has 2 heterocycles. The van der Waals surface area contributed by atoms with E-state index in [0.29, 0.717) is 0 Å². The van der Waals surface area contributed by atoms with E-state index in [1.54, 1.807) is 6.26 Å². The van der Waals surface area contributed by atoms with E-state index >= 15 is 0 Å². The predicted octanol–water partition coefficient (Wildman–Crippen LogP) is 2.96. The fourth-order valence-electron chi connectivity index (χ4n) is 1.94. The van der Waals surface area contributed by atoms with E-state index in [9.17, 15) is 0 Å². The van der Waals surface area contributed by atoms with E-state index in [2.05, 4.69) is 24.5 Å². The molecule has 0 radical (unpaired) electrons. The molecule has 0 fully saturated rings. The lowest BCUT2D eigenvalue weighted by Gasteiger charge is -2.14. The Morgan fingerprint density at radius 3 is 2.65 bits per heavy atom. The molecule has 0 aliphatic rings. The smallest absolute Gasteiger partial charge is 0.105 e. The highest BCUT2D eigenvalue weighted by molar-refractivity contribution is 7.11. The minimum Gasteiger partial charge on any atom is -0.469 e. The first-order valence-corrected chi connectivity index (χ1v) is 6.64. The second kappa shape index (κ2) is 5.49. The van der Waals surface area contributed by atoms with Crippen LogP contribution in [0, 0.1) is 6.92 Å². The molecule has 4 heteroatoms. The zero-order valence-electron chi connectivity index (χ0n) is 10.2. The van der Waals surface area contributed by atoms with Crippen molar-refractivity contribution in [1.82, 2.24) is 5.43 Å². The SMILES string of the molecule is CCc1ccc(CC(NN)c2ccoc2C)s1. The highest BCUT2D eigenvalue weighted by atomic mass is 32.1. The number of rotatable bonds is 5. The van der Waals surface area contributed by atoms with Gasteiger partial charge >= 0.3 is 0 Å². The van der Waals surface area contributed by atoms with E-state index in [-0.39, 0.29) is 6.04 Å². The summed E-state index contributed by atoms with van der Waals surface area (Å²) in [6, 6.07) is 6.48. The van der Waals surface area contributed by atoms with Crippen molar-refractivity contribution in [2.45, 2.75) is 32.7 Å². The van der Waals surface area contributed by atoms with Gasteiger partial charge in [-0.3, -0.25) is 11.3 Å². The van der Waals surface area contributed by atoms with Crippen molar-refractivity contribution in [3.63, 3.8) is 0 Å². The summed E-state index contributed by atoms with van der Waals surface area (Å²) in [5.74, 6) is 6.56. The maximum Gasteiger partial charge on any atom is 0.105 e. The molecule has 92 valence electrons. The molecular formula is C13H18N2OS. The average molecular weight is 250 g/mol. The van der Waals surface area contributed by atoms with Gasteiger partial charge in [-0.15, -0.1) is 11.3 Å². The van der Waals surface area contributed by atoms with Crippen LogP contribution in [0.5, 0.6) is 0 Å². The van der Waals surface area contributed by atoms with Crippen molar-refractivity contribution in [2.75, 3.05) is 0 Å². The topological polar surface area (TPSA) is 51.2 Å². The molecule has 1 unspecified atom stereocenters. The van der Waals surface area contributed by atoms with E-state index in [1.807, 2.05) is 24.3 Å². The Bertz CT molecular complexity index is 475. The summed E-state index contributed by atoms with van der Waals surface area (Å²) in [4.78, 5) is 2.77. The third-order valence-corrected chi connectivity index (χ3v) is 4.20. The van der Waals surface area contributed by atoms with E-state index in [1.165, 1.54) is 9.75 Å². The molecule has 0 spiro atoms. The molecule has 17 heavy (non-hydrogen) atoms. The summed E-state index contributed by atoms with van der Waals surface area (Å²) in [5, 5.41) is 0. The highest BCUT2D eigenvalue weighted by Crippen LogP contribution is 2.26. The maximum absolute atomic E-state index is 5.63. The van der Waals surface area contributed by atoms with Crippen LogP contribution < -0.4 is 11.3 Å². The average Bonchev–Trinajstić information content (AvgIpc) is 2.95. The van der Waals surface area contributed by atoms with E-state index in [4.69, 9.17) is 10.3 Å². The molecule has 3 nitrogen and oxygen atoms in total. The van der Waals surface area contributed by atoms with Crippen LogP contribution in [0.2, 0.25) is 0 Å². The number of nitrogens with two attached hydrogens (primary N) is 1. The molecule has 0 saturated carbocycles. The molecule has 0 aliphatic heterocycles. The highest BCUT2D eigenvalue weighted by Gasteiger charge is 2.15. The van der Waals surface area contributed by atoms with Gasteiger partial charge in [0.15, 0.2) is 0 Å². The van der Waals surface area contributed by atoms with Gasteiger partial charge in [0.25, 0.3) is 0 Å². The number of hydrogen-bond donors (Lipinski definition) is 2. The number of nitrogens with one attached hydrogen (secondary N) is 1. The van der Waals surface area contributed by atoms with Crippen molar-refractivity contribution in [1.29, 1.82) is 0 Å². The molecule has 0 aromatic carbocycles. The van der Waals surface area contributed by atoms with Gasteiger partial charge in [0.05, 0.1) is 12.3 Å². The molecule has 2 aromatic rings. The summed E-state index contributed by atoms with van der Waals surface area (Å²) in [6.45, 7) is 4.14. The Hall–Kier alpha value is -1.10. The monoisotopic (exact) mass is 250 g/mol. The Labute approximate surface area is 106 Å². The minimum absolute atomic E-state index is 0.122. The van der Waals surface area contributed by atoms with Crippen molar-refractivity contribution in [3.8, 4) is 0 Å². The van der Waals surface area contributed by atoms with Gasteiger partial charge in [-0.2, -0.15) is 0 Å². The van der Waals surface area contributed by atoms with Gasteiger partial charge in [0, 0.05) is 21.7 Å². The Balaban J connectivity index is 2.12. The van der Waals surface area contributed by atoms with Crippen molar-refractivity contribution >= 4 is 11.3 Å². The number of hydrogen-bond acceptors (Lipinski definition) is 4. The fraction of sp³-hybridized carbons (Fsp3) is 0.385. The van der Waals surface area contributed by atoms with Crippen LogP contribution in [0.25, 0.3) is 0 Å². The first-order chi connectivity index (χ1) is 8.24. The van der Waals surface area contributed by atoms with Gasteiger partial charge in [-0.25, -0.2) is 0 Å². The summed E-state index contributed by atoms with van der Waals surface area (Å²) in [5.41, 5.74) is 4.01. The number of hydrazine groups is 1. The van der Waals surface area contributed by atoms with Crippen LogP contribution in [0.3, 0.4) is 0 Å². The van der Waals surface area contributed by atoms with Crippen molar-refractivity contribution in [3.05, 3.63) is 45.5 Å².